The Balaban J connectivity index is 1.21. The van der Waals surface area contributed by atoms with Gasteiger partial charge in [0.15, 0.2) is 0 Å². The van der Waals surface area contributed by atoms with Gasteiger partial charge in [-0.05, 0) is 48.9 Å². The number of unbranched alkanes of at least 4 members (excludes halogenated alkanes) is 2. The first-order valence-corrected chi connectivity index (χ1v) is 12.2. The first-order valence-electron chi connectivity index (χ1n) is 10.9. The summed E-state index contributed by atoms with van der Waals surface area (Å²) in [6.45, 7) is 5.44. The zero-order chi connectivity index (χ0) is 22.7. The van der Waals surface area contributed by atoms with Gasteiger partial charge in [-0.3, -0.25) is 14.2 Å². The molecule has 3 heterocycles. The third-order valence-corrected chi connectivity index (χ3v) is 7.15. The summed E-state index contributed by atoms with van der Waals surface area (Å²) < 4.78 is 1.84. The fraction of sp³-hybridized carbons (Fsp3) is 0.435. The molecule has 3 aromatic rings. The van der Waals surface area contributed by atoms with Crippen LogP contribution in [0, 0.1) is 6.92 Å². The van der Waals surface area contributed by atoms with E-state index in [0.717, 1.165) is 36.6 Å². The maximum atomic E-state index is 12.6. The SMILES string of the molecule is Cc1ccc(Cl)cc1N1CCN(C(=O)CCCCCn2c(=O)[nH]c3ccsc3c2=O)CC1. The average molecular weight is 475 g/mol. The maximum Gasteiger partial charge on any atom is 0.328 e. The van der Waals surface area contributed by atoms with E-state index in [1.165, 1.54) is 21.5 Å². The minimum Gasteiger partial charge on any atom is -0.368 e. The highest BCUT2D eigenvalue weighted by atomic mass is 35.5. The highest BCUT2D eigenvalue weighted by Crippen LogP contribution is 2.25. The number of piperazine rings is 1. The van der Waals surface area contributed by atoms with E-state index in [1.807, 2.05) is 23.1 Å². The van der Waals surface area contributed by atoms with Crippen LogP contribution >= 0.6 is 22.9 Å². The Hall–Kier alpha value is -2.58. The molecule has 0 aliphatic carbocycles. The minimum absolute atomic E-state index is 0.169. The number of hydrogen-bond donors (Lipinski definition) is 1. The summed E-state index contributed by atoms with van der Waals surface area (Å²) >= 11 is 7.48. The van der Waals surface area contributed by atoms with Crippen molar-refractivity contribution in [3.63, 3.8) is 0 Å². The number of hydrogen-bond acceptors (Lipinski definition) is 5. The van der Waals surface area contributed by atoms with E-state index in [4.69, 9.17) is 11.6 Å². The molecule has 0 atom stereocenters. The molecule has 1 saturated heterocycles. The van der Waals surface area contributed by atoms with E-state index < -0.39 is 0 Å². The zero-order valence-electron chi connectivity index (χ0n) is 18.1. The Morgan fingerprint density at radius 2 is 1.88 bits per heavy atom. The smallest absolute Gasteiger partial charge is 0.328 e. The molecule has 1 aromatic carbocycles. The number of aromatic amines is 1. The summed E-state index contributed by atoms with van der Waals surface area (Å²) in [6, 6.07) is 7.65. The molecule has 1 aliphatic heterocycles. The fourth-order valence-electron chi connectivity index (χ4n) is 4.17. The molecule has 170 valence electrons. The quantitative estimate of drug-likeness (QED) is 0.530. The van der Waals surface area contributed by atoms with Gasteiger partial charge in [0.1, 0.15) is 4.70 Å². The lowest BCUT2D eigenvalue weighted by molar-refractivity contribution is -0.131. The van der Waals surface area contributed by atoms with Gasteiger partial charge in [0.25, 0.3) is 5.56 Å². The van der Waals surface area contributed by atoms with Crippen molar-refractivity contribution in [3.05, 3.63) is 61.1 Å². The largest absolute Gasteiger partial charge is 0.368 e. The number of carbonyl (C=O) groups is 1. The number of benzene rings is 1. The second kappa shape index (κ2) is 9.92. The van der Waals surface area contributed by atoms with Crippen molar-refractivity contribution in [2.24, 2.45) is 0 Å². The highest BCUT2D eigenvalue weighted by Gasteiger charge is 2.22. The lowest BCUT2D eigenvalue weighted by Crippen LogP contribution is -2.49. The van der Waals surface area contributed by atoms with Crippen molar-refractivity contribution in [1.82, 2.24) is 14.5 Å². The molecule has 1 aliphatic rings. The molecule has 0 unspecified atom stereocenters. The molecule has 4 rings (SSSR count). The predicted octanol–water partition coefficient (Wildman–Crippen LogP) is 3.62. The number of aromatic nitrogens is 2. The van der Waals surface area contributed by atoms with Gasteiger partial charge in [0.05, 0.1) is 5.52 Å². The number of aryl methyl sites for hydroxylation is 1. The van der Waals surface area contributed by atoms with E-state index in [2.05, 4.69) is 16.8 Å². The van der Waals surface area contributed by atoms with Crippen molar-refractivity contribution >= 4 is 44.7 Å². The van der Waals surface area contributed by atoms with Gasteiger partial charge in [0, 0.05) is 49.9 Å². The molecule has 1 N–H and O–H groups in total. The molecule has 9 heteroatoms. The van der Waals surface area contributed by atoms with Crippen LogP contribution in [0.4, 0.5) is 5.69 Å². The maximum absolute atomic E-state index is 12.6. The van der Waals surface area contributed by atoms with Gasteiger partial charge in [-0.1, -0.05) is 24.1 Å². The number of nitrogens with zero attached hydrogens (tertiary/aromatic N) is 3. The molecular formula is C23H27ClN4O3S. The topological polar surface area (TPSA) is 78.4 Å². The lowest BCUT2D eigenvalue weighted by atomic mass is 10.1. The van der Waals surface area contributed by atoms with Gasteiger partial charge in [-0.2, -0.15) is 0 Å². The minimum atomic E-state index is -0.371. The van der Waals surface area contributed by atoms with Gasteiger partial charge in [-0.25, -0.2) is 4.79 Å². The predicted molar refractivity (Wildman–Crippen MR) is 130 cm³/mol. The van der Waals surface area contributed by atoms with Crippen LogP contribution in [0.1, 0.15) is 31.2 Å². The monoisotopic (exact) mass is 474 g/mol. The Bertz CT molecular complexity index is 1220. The van der Waals surface area contributed by atoms with Crippen LogP contribution in [0.15, 0.2) is 39.2 Å². The van der Waals surface area contributed by atoms with Crippen LogP contribution in [-0.2, 0) is 11.3 Å². The van der Waals surface area contributed by atoms with Crippen LogP contribution < -0.4 is 16.1 Å². The summed E-state index contributed by atoms with van der Waals surface area (Å²) in [5.74, 6) is 0.169. The number of amides is 1. The number of H-pyrrole nitrogens is 1. The molecule has 0 radical (unpaired) electrons. The van der Waals surface area contributed by atoms with Crippen molar-refractivity contribution in [3.8, 4) is 0 Å². The Morgan fingerprint density at radius 1 is 1.09 bits per heavy atom. The molecule has 0 spiro atoms. The molecule has 7 nitrogen and oxygen atoms in total. The number of fused-ring (bicyclic) bond motifs is 1. The fourth-order valence-corrected chi connectivity index (χ4v) is 5.14. The Labute approximate surface area is 195 Å². The van der Waals surface area contributed by atoms with Crippen LogP contribution in [0.2, 0.25) is 5.02 Å². The number of halogens is 1. The molecule has 32 heavy (non-hydrogen) atoms. The van der Waals surface area contributed by atoms with Gasteiger partial charge in [0.2, 0.25) is 5.91 Å². The van der Waals surface area contributed by atoms with Gasteiger partial charge < -0.3 is 14.8 Å². The van der Waals surface area contributed by atoms with E-state index in [0.29, 0.717) is 42.7 Å². The van der Waals surface area contributed by atoms with E-state index in [-0.39, 0.29) is 17.2 Å². The van der Waals surface area contributed by atoms with Crippen molar-refractivity contribution in [2.75, 3.05) is 31.1 Å². The molecule has 1 fully saturated rings. The number of carbonyl (C=O) groups excluding carboxylic acids is 1. The molecule has 0 bridgehead atoms. The standard InChI is InChI=1S/C23H27ClN4O3S/c1-16-6-7-17(24)15-19(16)26-10-12-27(13-11-26)20(29)5-3-2-4-9-28-22(30)21-18(8-14-32-21)25-23(28)31/h6-8,14-15H,2-5,9-13H2,1H3,(H,25,31). The van der Waals surface area contributed by atoms with E-state index in [9.17, 15) is 14.4 Å². The lowest BCUT2D eigenvalue weighted by Gasteiger charge is -2.37. The number of thiophene rings is 1. The highest BCUT2D eigenvalue weighted by molar-refractivity contribution is 7.17. The average Bonchev–Trinajstić information content (AvgIpc) is 3.25. The van der Waals surface area contributed by atoms with Crippen LogP contribution in [0.3, 0.4) is 0 Å². The van der Waals surface area contributed by atoms with Gasteiger partial charge >= 0.3 is 5.69 Å². The normalized spacial score (nSPS) is 14.3. The number of rotatable bonds is 7. The van der Waals surface area contributed by atoms with Crippen LogP contribution in [0.25, 0.3) is 10.2 Å². The van der Waals surface area contributed by atoms with Crippen molar-refractivity contribution < 1.29 is 4.79 Å². The van der Waals surface area contributed by atoms with Crippen LogP contribution in [-0.4, -0.2) is 46.5 Å². The summed E-state index contributed by atoms with van der Waals surface area (Å²) in [6.07, 6.45) is 2.72. The third-order valence-electron chi connectivity index (χ3n) is 6.01. The first kappa shape index (κ1) is 22.6. The van der Waals surface area contributed by atoms with Crippen molar-refractivity contribution in [2.45, 2.75) is 39.2 Å². The summed E-state index contributed by atoms with van der Waals surface area (Å²) in [5.41, 5.74) is 2.31. The summed E-state index contributed by atoms with van der Waals surface area (Å²) in [5, 5.41) is 2.53. The summed E-state index contributed by atoms with van der Waals surface area (Å²) in [7, 11) is 0. The van der Waals surface area contributed by atoms with Gasteiger partial charge in [-0.15, -0.1) is 11.3 Å². The van der Waals surface area contributed by atoms with E-state index >= 15 is 0 Å². The first-order chi connectivity index (χ1) is 15.4. The number of anilines is 1. The Kier molecular flexibility index (Phi) is 7.01. The zero-order valence-corrected chi connectivity index (χ0v) is 19.7. The van der Waals surface area contributed by atoms with E-state index in [1.54, 1.807) is 11.4 Å². The van der Waals surface area contributed by atoms with Crippen LogP contribution in [0.5, 0.6) is 0 Å². The molecule has 2 aromatic heterocycles. The molecule has 1 amide bonds. The second-order valence-corrected chi connectivity index (χ2v) is 9.51. The third kappa shape index (κ3) is 4.91. The van der Waals surface area contributed by atoms with Crippen molar-refractivity contribution in [1.29, 1.82) is 0 Å². The number of nitrogens with one attached hydrogen (secondary N) is 1. The molecule has 0 saturated carbocycles. The second-order valence-electron chi connectivity index (χ2n) is 8.16. The summed E-state index contributed by atoms with van der Waals surface area (Å²) in [4.78, 5) is 44.1. The molecular weight excluding hydrogens is 448 g/mol. The Morgan fingerprint density at radius 3 is 2.66 bits per heavy atom.